The van der Waals surface area contributed by atoms with Gasteiger partial charge in [0.1, 0.15) is 5.75 Å². The Hall–Kier alpha value is -2.17. The number of benzene rings is 2. The van der Waals surface area contributed by atoms with Crippen LogP contribution < -0.4 is 4.74 Å². The van der Waals surface area contributed by atoms with E-state index in [-0.39, 0.29) is 16.7 Å². The first-order valence-corrected chi connectivity index (χ1v) is 6.55. The number of rotatable bonds is 4. The van der Waals surface area contributed by atoms with Crippen LogP contribution in [0.1, 0.15) is 31.1 Å². The summed E-state index contributed by atoms with van der Waals surface area (Å²) in [5, 5.41) is -1.58. The van der Waals surface area contributed by atoms with Crippen molar-refractivity contribution in [2.24, 2.45) is 0 Å². The molecule has 0 atom stereocenters. The molecule has 0 aliphatic carbocycles. The molecule has 4 nitrogen and oxygen atoms in total. The molecule has 0 radical (unpaired) electrons. The largest absolute Gasteiger partial charge is 0.423 e. The molecule has 0 aliphatic rings. The second-order valence-corrected chi connectivity index (χ2v) is 4.70. The minimum atomic E-state index is -0.830. The maximum Gasteiger partial charge on any atom is 0.344 e. The molecule has 0 aliphatic heterocycles. The van der Waals surface area contributed by atoms with Gasteiger partial charge in [-0.25, -0.2) is 4.79 Å². The topological polar surface area (TPSA) is 60.4 Å². The van der Waals surface area contributed by atoms with E-state index in [0.29, 0.717) is 5.75 Å². The average Bonchev–Trinajstić information content (AvgIpc) is 2.47. The lowest BCUT2D eigenvalue weighted by atomic mass is 10.1. The van der Waals surface area contributed by atoms with Gasteiger partial charge in [-0.15, -0.1) is 0 Å². The molecule has 21 heavy (non-hydrogen) atoms. The van der Waals surface area contributed by atoms with Gasteiger partial charge in [0, 0.05) is 11.1 Å². The first kappa shape index (κ1) is 15.2. The molecule has 0 fully saturated rings. The van der Waals surface area contributed by atoms with Crippen molar-refractivity contribution in [3.63, 3.8) is 0 Å². The highest BCUT2D eigenvalue weighted by molar-refractivity contribution is 6.69. The quantitative estimate of drug-likeness (QED) is 0.489. The van der Waals surface area contributed by atoms with Crippen molar-refractivity contribution in [3.8, 4) is 5.75 Å². The highest BCUT2D eigenvalue weighted by atomic mass is 35.5. The van der Waals surface area contributed by atoms with Crippen molar-refractivity contribution >= 4 is 39.7 Å². The number of hydrogen-bond donors (Lipinski definition) is 0. The summed E-state index contributed by atoms with van der Waals surface area (Å²) in [5.74, 6) is -0.497. The molecule has 0 amide bonds. The summed E-state index contributed by atoms with van der Waals surface area (Å²) in [6, 6.07) is 12.0. The first-order valence-electron chi connectivity index (χ1n) is 5.80. The maximum absolute atomic E-state index is 12.1. The van der Waals surface area contributed by atoms with Gasteiger partial charge in [0.15, 0.2) is 0 Å². The Morgan fingerprint density at radius 1 is 0.810 bits per heavy atom. The van der Waals surface area contributed by atoms with Crippen LogP contribution in [0.4, 0.5) is 0 Å². The molecule has 0 aromatic heterocycles. The van der Waals surface area contributed by atoms with E-state index in [4.69, 9.17) is 27.9 Å². The van der Waals surface area contributed by atoms with Crippen LogP contribution in [0.25, 0.3) is 0 Å². The Morgan fingerprint density at radius 2 is 1.48 bits per heavy atom. The number of esters is 1. The summed E-state index contributed by atoms with van der Waals surface area (Å²) in [6.07, 6.45) is 0. The highest BCUT2D eigenvalue weighted by Crippen LogP contribution is 2.19. The lowest BCUT2D eigenvalue weighted by Gasteiger charge is -2.08. The van der Waals surface area contributed by atoms with Gasteiger partial charge in [-0.3, -0.25) is 9.59 Å². The molecule has 0 heterocycles. The van der Waals surface area contributed by atoms with Crippen molar-refractivity contribution < 1.29 is 19.1 Å². The van der Waals surface area contributed by atoms with E-state index >= 15 is 0 Å². The van der Waals surface area contributed by atoms with Crippen LogP contribution >= 0.6 is 23.2 Å². The van der Waals surface area contributed by atoms with Crippen molar-refractivity contribution in [2.45, 2.75) is 0 Å². The molecule has 0 saturated carbocycles. The van der Waals surface area contributed by atoms with E-state index in [2.05, 4.69) is 0 Å². The molecule has 0 saturated heterocycles. The van der Waals surface area contributed by atoms with Crippen molar-refractivity contribution in [3.05, 3.63) is 65.2 Å². The molecular weight excluding hydrogens is 315 g/mol. The summed E-state index contributed by atoms with van der Waals surface area (Å²) in [6.45, 7) is 0. The normalized spacial score (nSPS) is 10.0. The standard InChI is InChI=1S/C15H8Cl2O4/c16-13(18)9-6-7-11(14(17)19)12(8-9)15(20)21-10-4-2-1-3-5-10/h1-8H. The van der Waals surface area contributed by atoms with Crippen molar-refractivity contribution in [1.29, 1.82) is 0 Å². The van der Waals surface area contributed by atoms with Gasteiger partial charge in [0.05, 0.1) is 5.56 Å². The number of para-hydroxylation sites is 1. The predicted octanol–water partition coefficient (Wildman–Crippen LogP) is 3.66. The molecular formula is C15H8Cl2O4. The zero-order valence-corrected chi connectivity index (χ0v) is 12.0. The zero-order valence-electron chi connectivity index (χ0n) is 10.5. The van der Waals surface area contributed by atoms with Crippen LogP contribution in [0.5, 0.6) is 5.75 Å². The van der Waals surface area contributed by atoms with Gasteiger partial charge in [-0.1, -0.05) is 18.2 Å². The van der Waals surface area contributed by atoms with Crippen LogP contribution in [-0.4, -0.2) is 16.5 Å². The van der Waals surface area contributed by atoms with Crippen LogP contribution in [0.15, 0.2) is 48.5 Å². The molecule has 106 valence electrons. The van der Waals surface area contributed by atoms with E-state index < -0.39 is 16.5 Å². The van der Waals surface area contributed by atoms with Crippen LogP contribution in [-0.2, 0) is 0 Å². The number of hydrogen-bond acceptors (Lipinski definition) is 4. The molecule has 0 spiro atoms. The van der Waals surface area contributed by atoms with E-state index in [1.807, 2.05) is 0 Å². The Kier molecular flexibility index (Phi) is 4.73. The second-order valence-electron chi connectivity index (χ2n) is 4.01. The van der Waals surface area contributed by atoms with Crippen molar-refractivity contribution in [1.82, 2.24) is 0 Å². The minimum Gasteiger partial charge on any atom is -0.423 e. The first-order chi connectivity index (χ1) is 9.99. The third kappa shape index (κ3) is 3.68. The molecule has 0 N–H and O–H groups in total. The van der Waals surface area contributed by atoms with E-state index in [9.17, 15) is 14.4 Å². The second kappa shape index (κ2) is 6.52. The number of carbonyl (C=O) groups excluding carboxylic acids is 3. The lowest BCUT2D eigenvalue weighted by molar-refractivity contribution is 0.0731. The van der Waals surface area contributed by atoms with Gasteiger partial charge in [0.25, 0.3) is 10.5 Å². The summed E-state index contributed by atoms with van der Waals surface area (Å²) in [4.78, 5) is 34.6. The Bertz CT molecular complexity index is 711. The van der Waals surface area contributed by atoms with Gasteiger partial charge < -0.3 is 4.74 Å². The fraction of sp³-hybridized carbons (Fsp3) is 0. The van der Waals surface area contributed by atoms with Crippen molar-refractivity contribution in [2.75, 3.05) is 0 Å². The Balaban J connectivity index is 2.40. The Morgan fingerprint density at radius 3 is 2.05 bits per heavy atom. The smallest absolute Gasteiger partial charge is 0.344 e. The summed E-state index contributed by atoms with van der Waals surface area (Å²) in [7, 11) is 0. The SMILES string of the molecule is O=C(Cl)c1ccc(C(=O)Cl)c(C(=O)Oc2ccccc2)c1. The molecule has 0 unspecified atom stereocenters. The molecule has 0 bridgehead atoms. The fourth-order valence-electron chi connectivity index (χ4n) is 1.66. The molecule has 2 aromatic rings. The Labute approximate surface area is 130 Å². The third-order valence-electron chi connectivity index (χ3n) is 2.63. The minimum absolute atomic E-state index is 0.0562. The molecule has 6 heteroatoms. The number of carbonyl (C=O) groups is 3. The van der Waals surface area contributed by atoms with E-state index in [1.165, 1.54) is 18.2 Å². The number of ether oxygens (including phenoxy) is 1. The average molecular weight is 323 g/mol. The monoisotopic (exact) mass is 322 g/mol. The fourth-order valence-corrected chi connectivity index (χ4v) is 1.94. The van der Waals surface area contributed by atoms with Gasteiger partial charge >= 0.3 is 5.97 Å². The van der Waals surface area contributed by atoms with Crippen LogP contribution in [0.3, 0.4) is 0 Å². The van der Waals surface area contributed by atoms with Crippen LogP contribution in [0, 0.1) is 0 Å². The zero-order chi connectivity index (χ0) is 15.4. The molecule has 2 aromatic carbocycles. The van der Waals surface area contributed by atoms with Gasteiger partial charge in [-0.05, 0) is 53.5 Å². The lowest BCUT2D eigenvalue weighted by Crippen LogP contribution is -2.13. The van der Waals surface area contributed by atoms with E-state index in [0.717, 1.165) is 0 Å². The predicted molar refractivity (Wildman–Crippen MR) is 78.2 cm³/mol. The summed E-state index contributed by atoms with van der Waals surface area (Å²) < 4.78 is 5.12. The van der Waals surface area contributed by atoms with Crippen LogP contribution in [0.2, 0.25) is 0 Å². The highest BCUT2D eigenvalue weighted by Gasteiger charge is 2.19. The van der Waals surface area contributed by atoms with E-state index in [1.54, 1.807) is 30.3 Å². The van der Waals surface area contributed by atoms with Gasteiger partial charge in [0.2, 0.25) is 0 Å². The number of halogens is 2. The van der Waals surface area contributed by atoms with Gasteiger partial charge in [-0.2, -0.15) is 0 Å². The maximum atomic E-state index is 12.1. The summed E-state index contributed by atoms with van der Waals surface area (Å²) in [5.41, 5.74) is -0.108. The summed E-state index contributed by atoms with van der Waals surface area (Å²) >= 11 is 10.8. The molecule has 2 rings (SSSR count). The third-order valence-corrected chi connectivity index (χ3v) is 3.05.